The SMILES string of the molecule is CCOc1cccc2cc(C(=O)NCCOc3ccc(-c4ccco4)nn3)c(=O)oc12. The predicted octanol–water partition coefficient (Wildman–Crippen LogP) is 3.05. The van der Waals surface area contributed by atoms with Gasteiger partial charge in [0.25, 0.3) is 5.91 Å². The molecule has 1 aromatic carbocycles. The summed E-state index contributed by atoms with van der Waals surface area (Å²) >= 11 is 0. The molecule has 0 unspecified atom stereocenters. The molecule has 0 saturated carbocycles. The fraction of sp³-hybridized carbons (Fsp3) is 0.182. The van der Waals surface area contributed by atoms with Crippen LogP contribution in [-0.4, -0.2) is 35.9 Å². The standard InChI is InChI=1S/C22H19N3O6/c1-2-28-18-6-3-5-14-13-15(22(27)31-20(14)18)21(26)23-10-12-30-19-9-8-16(24-25-19)17-7-4-11-29-17/h3-9,11,13H,2,10,12H2,1H3,(H,23,26). The van der Waals surface area contributed by atoms with E-state index in [1.54, 1.807) is 48.7 Å². The van der Waals surface area contributed by atoms with E-state index >= 15 is 0 Å². The Morgan fingerprint density at radius 2 is 2.00 bits per heavy atom. The maximum Gasteiger partial charge on any atom is 0.349 e. The molecule has 1 N–H and O–H groups in total. The molecule has 0 saturated heterocycles. The summed E-state index contributed by atoms with van der Waals surface area (Å²) in [5, 5.41) is 11.2. The van der Waals surface area contributed by atoms with Gasteiger partial charge in [0, 0.05) is 11.5 Å². The van der Waals surface area contributed by atoms with Crippen molar-refractivity contribution in [3.63, 3.8) is 0 Å². The lowest BCUT2D eigenvalue weighted by molar-refractivity contribution is 0.0943. The monoisotopic (exact) mass is 421 g/mol. The number of hydrogen-bond donors (Lipinski definition) is 1. The molecule has 0 aliphatic rings. The molecular formula is C22H19N3O6. The van der Waals surface area contributed by atoms with Crippen LogP contribution < -0.4 is 20.4 Å². The van der Waals surface area contributed by atoms with Crippen LogP contribution in [0.3, 0.4) is 0 Å². The van der Waals surface area contributed by atoms with Crippen molar-refractivity contribution in [1.29, 1.82) is 0 Å². The first-order valence-electron chi connectivity index (χ1n) is 9.64. The Morgan fingerprint density at radius 1 is 1.10 bits per heavy atom. The van der Waals surface area contributed by atoms with Crippen LogP contribution in [0.2, 0.25) is 0 Å². The average molecular weight is 421 g/mol. The van der Waals surface area contributed by atoms with Crippen molar-refractivity contribution < 1.29 is 23.1 Å². The van der Waals surface area contributed by atoms with E-state index in [9.17, 15) is 9.59 Å². The molecule has 1 amide bonds. The van der Waals surface area contributed by atoms with Crippen molar-refractivity contribution in [2.75, 3.05) is 19.8 Å². The number of benzene rings is 1. The van der Waals surface area contributed by atoms with Crippen molar-refractivity contribution in [2.24, 2.45) is 0 Å². The number of nitrogens with zero attached hydrogens (tertiary/aromatic N) is 2. The van der Waals surface area contributed by atoms with Crippen molar-refractivity contribution >= 4 is 16.9 Å². The summed E-state index contributed by atoms with van der Waals surface area (Å²) in [6, 6.07) is 13.6. The van der Waals surface area contributed by atoms with Crippen molar-refractivity contribution in [1.82, 2.24) is 15.5 Å². The number of fused-ring (bicyclic) bond motifs is 1. The van der Waals surface area contributed by atoms with Crippen molar-refractivity contribution in [3.05, 3.63) is 70.8 Å². The maximum atomic E-state index is 12.4. The van der Waals surface area contributed by atoms with Crippen LogP contribution in [0, 0.1) is 0 Å². The molecule has 0 aliphatic carbocycles. The van der Waals surface area contributed by atoms with E-state index in [0.29, 0.717) is 40.7 Å². The second kappa shape index (κ2) is 9.12. The number of amides is 1. The summed E-state index contributed by atoms with van der Waals surface area (Å²) < 4.78 is 21.5. The summed E-state index contributed by atoms with van der Waals surface area (Å²) in [5.41, 5.74) is 0.0631. The van der Waals surface area contributed by atoms with Gasteiger partial charge >= 0.3 is 5.63 Å². The fourth-order valence-corrected chi connectivity index (χ4v) is 2.91. The molecule has 0 aliphatic heterocycles. The second-order valence-electron chi connectivity index (χ2n) is 6.39. The summed E-state index contributed by atoms with van der Waals surface area (Å²) in [4.78, 5) is 24.7. The molecule has 4 aromatic rings. The third-order valence-electron chi connectivity index (χ3n) is 4.32. The van der Waals surface area contributed by atoms with Gasteiger partial charge in [-0.25, -0.2) is 4.79 Å². The zero-order valence-electron chi connectivity index (χ0n) is 16.7. The number of aromatic nitrogens is 2. The summed E-state index contributed by atoms with van der Waals surface area (Å²) in [5.74, 6) is 0.809. The molecule has 0 atom stereocenters. The Labute approximate surface area is 176 Å². The smallest absolute Gasteiger partial charge is 0.349 e. The number of furan rings is 1. The number of ether oxygens (including phenoxy) is 2. The normalized spacial score (nSPS) is 10.7. The van der Waals surface area contributed by atoms with Gasteiger partial charge in [-0.15, -0.1) is 10.2 Å². The van der Waals surface area contributed by atoms with Gasteiger partial charge in [-0.2, -0.15) is 0 Å². The Morgan fingerprint density at radius 3 is 2.74 bits per heavy atom. The molecule has 3 heterocycles. The van der Waals surface area contributed by atoms with E-state index < -0.39 is 11.5 Å². The van der Waals surface area contributed by atoms with Crippen molar-refractivity contribution in [3.8, 4) is 23.1 Å². The van der Waals surface area contributed by atoms with Crippen LogP contribution in [0.25, 0.3) is 22.4 Å². The van der Waals surface area contributed by atoms with Crippen LogP contribution in [0.1, 0.15) is 17.3 Å². The van der Waals surface area contributed by atoms with E-state index in [2.05, 4.69) is 15.5 Å². The van der Waals surface area contributed by atoms with Gasteiger partial charge in [0.2, 0.25) is 5.88 Å². The Hall–Kier alpha value is -4.14. The first-order valence-corrected chi connectivity index (χ1v) is 9.64. The molecule has 9 heteroatoms. The van der Waals surface area contributed by atoms with E-state index in [-0.39, 0.29) is 18.7 Å². The minimum Gasteiger partial charge on any atom is -0.490 e. The summed E-state index contributed by atoms with van der Waals surface area (Å²) in [6.45, 7) is 2.58. The van der Waals surface area contributed by atoms with Gasteiger partial charge in [0.05, 0.1) is 19.4 Å². The topological polar surface area (TPSA) is 117 Å². The van der Waals surface area contributed by atoms with Gasteiger partial charge in [0.1, 0.15) is 17.9 Å². The first-order chi connectivity index (χ1) is 15.2. The molecule has 0 spiro atoms. The highest BCUT2D eigenvalue weighted by Crippen LogP contribution is 2.25. The van der Waals surface area contributed by atoms with Gasteiger partial charge in [-0.1, -0.05) is 12.1 Å². The lowest BCUT2D eigenvalue weighted by Crippen LogP contribution is -2.31. The van der Waals surface area contributed by atoms with Gasteiger partial charge < -0.3 is 23.6 Å². The highest BCUT2D eigenvalue weighted by atomic mass is 16.5. The second-order valence-corrected chi connectivity index (χ2v) is 6.39. The van der Waals surface area contributed by atoms with Crippen molar-refractivity contribution in [2.45, 2.75) is 6.92 Å². The molecule has 158 valence electrons. The van der Waals surface area contributed by atoms with E-state index in [1.165, 1.54) is 6.07 Å². The number of carbonyl (C=O) groups excluding carboxylic acids is 1. The van der Waals surface area contributed by atoms with E-state index in [0.717, 1.165) is 0 Å². The van der Waals surface area contributed by atoms with Crippen LogP contribution in [0.15, 0.2) is 68.4 Å². The molecule has 3 aromatic heterocycles. The van der Waals surface area contributed by atoms with Crippen LogP contribution in [0.4, 0.5) is 0 Å². The number of carbonyl (C=O) groups is 1. The van der Waals surface area contributed by atoms with Crippen LogP contribution in [-0.2, 0) is 0 Å². The third-order valence-corrected chi connectivity index (χ3v) is 4.32. The zero-order valence-corrected chi connectivity index (χ0v) is 16.7. The molecule has 31 heavy (non-hydrogen) atoms. The van der Waals surface area contributed by atoms with E-state index in [1.807, 2.05) is 6.92 Å². The average Bonchev–Trinajstić information content (AvgIpc) is 3.32. The van der Waals surface area contributed by atoms with Crippen LogP contribution in [0.5, 0.6) is 11.6 Å². The molecule has 0 radical (unpaired) electrons. The number of nitrogens with one attached hydrogen (secondary N) is 1. The largest absolute Gasteiger partial charge is 0.490 e. The van der Waals surface area contributed by atoms with Gasteiger partial charge in [-0.05, 0) is 37.3 Å². The minimum atomic E-state index is -0.738. The number of para-hydroxylation sites is 1. The lowest BCUT2D eigenvalue weighted by atomic mass is 10.1. The highest BCUT2D eigenvalue weighted by Gasteiger charge is 2.15. The summed E-state index contributed by atoms with van der Waals surface area (Å²) in [6.07, 6.45) is 1.55. The summed E-state index contributed by atoms with van der Waals surface area (Å²) in [7, 11) is 0. The zero-order chi connectivity index (χ0) is 21.6. The Kier molecular flexibility index (Phi) is 5.93. The third kappa shape index (κ3) is 4.55. The lowest BCUT2D eigenvalue weighted by Gasteiger charge is -2.08. The molecule has 0 bridgehead atoms. The molecule has 0 fully saturated rings. The first kappa shape index (κ1) is 20.1. The van der Waals surface area contributed by atoms with Gasteiger partial charge in [-0.3, -0.25) is 4.79 Å². The Bertz CT molecular complexity index is 1230. The molecular weight excluding hydrogens is 402 g/mol. The van der Waals surface area contributed by atoms with Crippen LogP contribution >= 0.6 is 0 Å². The number of hydrogen-bond acceptors (Lipinski definition) is 8. The number of rotatable bonds is 8. The maximum absolute atomic E-state index is 12.4. The molecule has 9 nitrogen and oxygen atoms in total. The predicted molar refractivity (Wildman–Crippen MR) is 111 cm³/mol. The van der Waals surface area contributed by atoms with E-state index in [4.69, 9.17) is 18.3 Å². The highest BCUT2D eigenvalue weighted by molar-refractivity contribution is 5.97. The minimum absolute atomic E-state index is 0.0938. The quantitative estimate of drug-likeness (QED) is 0.341. The van der Waals surface area contributed by atoms with Gasteiger partial charge in [0.15, 0.2) is 17.1 Å². The Balaban J connectivity index is 1.35. The molecule has 4 rings (SSSR count). The fourth-order valence-electron chi connectivity index (χ4n) is 2.91.